The summed E-state index contributed by atoms with van der Waals surface area (Å²) in [5, 5.41) is 0. The van der Waals surface area contributed by atoms with Crippen molar-refractivity contribution < 1.29 is 14.3 Å². The molecule has 2 aromatic carbocycles. The molecule has 0 saturated heterocycles. The number of benzene rings is 2. The molecule has 0 atom stereocenters. The van der Waals surface area contributed by atoms with E-state index in [1.807, 2.05) is 0 Å². The van der Waals surface area contributed by atoms with Gasteiger partial charge >= 0.3 is 0 Å². The minimum absolute atomic E-state index is 0.138. The van der Waals surface area contributed by atoms with Crippen LogP contribution in [0.1, 0.15) is 10.4 Å². The van der Waals surface area contributed by atoms with Crippen LogP contribution in [0.15, 0.2) is 42.5 Å². The van der Waals surface area contributed by atoms with Gasteiger partial charge in [-0.05, 0) is 42.5 Å². The SMILES string of the molecule is COc1ccc(C(=O)N(C)c2ccc(N)cc2)cc1OC. The number of ether oxygens (including phenoxy) is 2. The average molecular weight is 286 g/mol. The second-order valence-electron chi connectivity index (χ2n) is 4.53. The Balaban J connectivity index is 2.29. The van der Waals surface area contributed by atoms with Crippen LogP contribution in [0.3, 0.4) is 0 Å². The minimum Gasteiger partial charge on any atom is -0.493 e. The molecular weight excluding hydrogens is 268 g/mol. The molecule has 0 unspecified atom stereocenters. The smallest absolute Gasteiger partial charge is 0.258 e. The molecular formula is C16H18N2O3. The van der Waals surface area contributed by atoms with Crippen molar-refractivity contribution in [2.45, 2.75) is 0 Å². The number of amides is 1. The third kappa shape index (κ3) is 3.08. The molecule has 0 bridgehead atoms. The molecule has 0 aliphatic heterocycles. The first-order chi connectivity index (χ1) is 10.1. The summed E-state index contributed by atoms with van der Waals surface area (Å²) in [4.78, 5) is 14.1. The van der Waals surface area contributed by atoms with Gasteiger partial charge in [-0.25, -0.2) is 0 Å². The van der Waals surface area contributed by atoms with Crippen molar-refractivity contribution in [1.29, 1.82) is 0 Å². The standard InChI is InChI=1S/C16H18N2O3/c1-18(13-7-5-12(17)6-8-13)16(19)11-4-9-14(20-2)15(10-11)21-3/h4-10H,17H2,1-3H3. The normalized spacial score (nSPS) is 10.0. The van der Waals surface area contributed by atoms with Gasteiger partial charge in [-0.2, -0.15) is 0 Å². The topological polar surface area (TPSA) is 64.8 Å². The lowest BCUT2D eigenvalue weighted by molar-refractivity contribution is 0.0992. The van der Waals surface area contributed by atoms with Crippen molar-refractivity contribution in [3.8, 4) is 11.5 Å². The van der Waals surface area contributed by atoms with Gasteiger partial charge < -0.3 is 20.1 Å². The zero-order valence-electron chi connectivity index (χ0n) is 12.3. The molecule has 2 rings (SSSR count). The van der Waals surface area contributed by atoms with Crippen LogP contribution in [-0.2, 0) is 0 Å². The van der Waals surface area contributed by atoms with Gasteiger partial charge in [0, 0.05) is 24.0 Å². The first-order valence-electron chi connectivity index (χ1n) is 6.42. The summed E-state index contributed by atoms with van der Waals surface area (Å²) in [6.45, 7) is 0. The van der Waals surface area contributed by atoms with E-state index >= 15 is 0 Å². The second kappa shape index (κ2) is 6.17. The second-order valence-corrected chi connectivity index (χ2v) is 4.53. The third-order valence-electron chi connectivity index (χ3n) is 3.22. The van der Waals surface area contributed by atoms with Crippen LogP contribution in [0.4, 0.5) is 11.4 Å². The molecule has 0 spiro atoms. The number of anilines is 2. The van der Waals surface area contributed by atoms with Crippen LogP contribution in [-0.4, -0.2) is 27.2 Å². The minimum atomic E-state index is -0.138. The zero-order chi connectivity index (χ0) is 15.4. The van der Waals surface area contributed by atoms with Crippen molar-refractivity contribution in [2.24, 2.45) is 0 Å². The van der Waals surface area contributed by atoms with E-state index in [0.29, 0.717) is 22.7 Å². The summed E-state index contributed by atoms with van der Waals surface area (Å²) in [6, 6.07) is 12.2. The number of carbonyl (C=O) groups is 1. The number of methoxy groups -OCH3 is 2. The van der Waals surface area contributed by atoms with Crippen molar-refractivity contribution >= 4 is 17.3 Å². The molecule has 0 fully saturated rings. The van der Waals surface area contributed by atoms with E-state index in [1.54, 1.807) is 61.5 Å². The van der Waals surface area contributed by atoms with E-state index in [0.717, 1.165) is 5.69 Å². The van der Waals surface area contributed by atoms with E-state index in [4.69, 9.17) is 15.2 Å². The first-order valence-corrected chi connectivity index (χ1v) is 6.42. The van der Waals surface area contributed by atoms with Gasteiger partial charge in [0.15, 0.2) is 11.5 Å². The number of nitrogens with zero attached hydrogens (tertiary/aromatic N) is 1. The molecule has 0 radical (unpaired) electrons. The Hall–Kier alpha value is -2.69. The molecule has 110 valence electrons. The Morgan fingerprint density at radius 3 is 2.19 bits per heavy atom. The summed E-state index contributed by atoms with van der Waals surface area (Å²) < 4.78 is 10.4. The molecule has 2 aromatic rings. The first kappa shape index (κ1) is 14.7. The number of hydrogen-bond acceptors (Lipinski definition) is 4. The van der Waals surface area contributed by atoms with Crippen LogP contribution in [0.5, 0.6) is 11.5 Å². The Labute approximate surface area is 123 Å². The Bertz CT molecular complexity index is 638. The van der Waals surface area contributed by atoms with Gasteiger partial charge in [-0.15, -0.1) is 0 Å². The van der Waals surface area contributed by atoms with E-state index in [9.17, 15) is 4.79 Å². The summed E-state index contributed by atoms with van der Waals surface area (Å²) in [7, 11) is 4.81. The molecule has 2 N–H and O–H groups in total. The predicted molar refractivity (Wildman–Crippen MR) is 83.1 cm³/mol. The van der Waals surface area contributed by atoms with Gasteiger partial charge in [-0.3, -0.25) is 4.79 Å². The zero-order valence-corrected chi connectivity index (χ0v) is 12.3. The van der Waals surface area contributed by atoms with Crippen molar-refractivity contribution in [1.82, 2.24) is 0 Å². The van der Waals surface area contributed by atoms with Gasteiger partial charge in [-0.1, -0.05) is 0 Å². The number of rotatable bonds is 4. The average Bonchev–Trinajstić information content (AvgIpc) is 2.53. The van der Waals surface area contributed by atoms with Crippen LogP contribution >= 0.6 is 0 Å². The number of nitrogens with two attached hydrogens (primary N) is 1. The number of nitrogen functional groups attached to an aromatic ring is 1. The molecule has 0 aliphatic rings. The van der Waals surface area contributed by atoms with Crippen LogP contribution in [0, 0.1) is 0 Å². The van der Waals surface area contributed by atoms with Gasteiger partial charge in [0.25, 0.3) is 5.91 Å². The number of hydrogen-bond donors (Lipinski definition) is 1. The summed E-state index contributed by atoms with van der Waals surface area (Å²) in [6.07, 6.45) is 0. The highest BCUT2D eigenvalue weighted by molar-refractivity contribution is 6.06. The lowest BCUT2D eigenvalue weighted by Crippen LogP contribution is -2.26. The predicted octanol–water partition coefficient (Wildman–Crippen LogP) is 2.56. The van der Waals surface area contributed by atoms with E-state index in [-0.39, 0.29) is 5.91 Å². The Morgan fingerprint density at radius 2 is 1.62 bits per heavy atom. The van der Waals surface area contributed by atoms with Gasteiger partial charge in [0.05, 0.1) is 14.2 Å². The van der Waals surface area contributed by atoms with Gasteiger partial charge in [0.2, 0.25) is 0 Å². The highest BCUT2D eigenvalue weighted by Gasteiger charge is 2.15. The maximum absolute atomic E-state index is 12.5. The lowest BCUT2D eigenvalue weighted by Gasteiger charge is -2.18. The summed E-state index contributed by atoms with van der Waals surface area (Å²) in [5.41, 5.74) is 7.60. The number of carbonyl (C=O) groups excluding carboxylic acids is 1. The molecule has 5 nitrogen and oxygen atoms in total. The van der Waals surface area contributed by atoms with Crippen molar-refractivity contribution in [2.75, 3.05) is 31.9 Å². The maximum atomic E-state index is 12.5. The van der Waals surface area contributed by atoms with E-state index in [2.05, 4.69) is 0 Å². The summed E-state index contributed by atoms with van der Waals surface area (Å²) in [5.74, 6) is 0.971. The largest absolute Gasteiger partial charge is 0.493 e. The highest BCUT2D eigenvalue weighted by Crippen LogP contribution is 2.28. The molecule has 1 amide bonds. The van der Waals surface area contributed by atoms with E-state index in [1.165, 1.54) is 7.11 Å². The molecule has 0 aromatic heterocycles. The lowest BCUT2D eigenvalue weighted by atomic mass is 10.1. The molecule has 0 aliphatic carbocycles. The van der Waals surface area contributed by atoms with Crippen molar-refractivity contribution in [3.63, 3.8) is 0 Å². The van der Waals surface area contributed by atoms with Crippen LogP contribution in [0.25, 0.3) is 0 Å². The van der Waals surface area contributed by atoms with Crippen LogP contribution in [0.2, 0.25) is 0 Å². The molecule has 5 heteroatoms. The van der Waals surface area contributed by atoms with E-state index < -0.39 is 0 Å². The monoisotopic (exact) mass is 286 g/mol. The summed E-state index contributed by atoms with van der Waals surface area (Å²) >= 11 is 0. The Kier molecular flexibility index (Phi) is 4.33. The van der Waals surface area contributed by atoms with Crippen LogP contribution < -0.4 is 20.1 Å². The Morgan fingerprint density at radius 1 is 1.00 bits per heavy atom. The quantitative estimate of drug-likeness (QED) is 0.877. The van der Waals surface area contributed by atoms with Crippen molar-refractivity contribution in [3.05, 3.63) is 48.0 Å². The maximum Gasteiger partial charge on any atom is 0.258 e. The third-order valence-corrected chi connectivity index (χ3v) is 3.22. The fraction of sp³-hybridized carbons (Fsp3) is 0.188. The fourth-order valence-corrected chi connectivity index (χ4v) is 1.98. The van der Waals surface area contributed by atoms with Gasteiger partial charge in [0.1, 0.15) is 0 Å². The molecule has 0 saturated carbocycles. The fourth-order valence-electron chi connectivity index (χ4n) is 1.98. The molecule has 0 heterocycles. The molecule has 21 heavy (non-hydrogen) atoms. The highest BCUT2D eigenvalue weighted by atomic mass is 16.5.